The summed E-state index contributed by atoms with van der Waals surface area (Å²) in [5, 5.41) is 2.70. The molecule has 1 fully saturated rings. The lowest BCUT2D eigenvalue weighted by atomic mass is 10.7. The minimum atomic E-state index is -0.157. The molecule has 0 spiro atoms. The van der Waals surface area contributed by atoms with Crippen LogP contribution in [0, 0.1) is 0 Å². The van der Waals surface area contributed by atoms with Gasteiger partial charge in [0.05, 0.1) is 6.54 Å². The SMILES string of the molecule is O=C1CNCO1.S. The van der Waals surface area contributed by atoms with Crippen molar-refractivity contribution < 1.29 is 9.53 Å². The topological polar surface area (TPSA) is 38.3 Å². The van der Waals surface area contributed by atoms with Crippen molar-refractivity contribution in [2.24, 2.45) is 0 Å². The minimum absolute atomic E-state index is 0. The van der Waals surface area contributed by atoms with Gasteiger partial charge in [0.2, 0.25) is 0 Å². The van der Waals surface area contributed by atoms with E-state index in [1.807, 2.05) is 0 Å². The monoisotopic (exact) mass is 121 g/mol. The second-order valence-corrected chi connectivity index (χ2v) is 1.09. The maximum absolute atomic E-state index is 9.96. The summed E-state index contributed by atoms with van der Waals surface area (Å²) >= 11 is 0. The van der Waals surface area contributed by atoms with E-state index in [0.29, 0.717) is 13.3 Å². The van der Waals surface area contributed by atoms with Crippen molar-refractivity contribution in [3.8, 4) is 0 Å². The summed E-state index contributed by atoms with van der Waals surface area (Å²) in [4.78, 5) is 9.96. The molecule has 0 aliphatic carbocycles. The average Bonchev–Trinajstić information content (AvgIpc) is 1.86. The van der Waals surface area contributed by atoms with Gasteiger partial charge >= 0.3 is 5.97 Å². The van der Waals surface area contributed by atoms with Crippen molar-refractivity contribution >= 4 is 19.5 Å². The molecule has 1 saturated heterocycles. The highest BCUT2D eigenvalue weighted by atomic mass is 32.1. The molecule has 3 nitrogen and oxygen atoms in total. The van der Waals surface area contributed by atoms with Crippen LogP contribution in [0.15, 0.2) is 0 Å². The molecule has 0 aromatic rings. The molecule has 0 unspecified atom stereocenters. The molecule has 1 heterocycles. The molecule has 42 valence electrons. The van der Waals surface area contributed by atoms with E-state index >= 15 is 0 Å². The first-order chi connectivity index (χ1) is 2.89. The van der Waals surface area contributed by atoms with E-state index in [1.165, 1.54) is 0 Å². The zero-order valence-electron chi connectivity index (χ0n) is 3.73. The molecule has 4 heteroatoms. The molecule has 1 aliphatic rings. The van der Waals surface area contributed by atoms with Crippen LogP contribution in [0.25, 0.3) is 0 Å². The van der Waals surface area contributed by atoms with Crippen LogP contribution in [-0.2, 0) is 9.53 Å². The molecule has 0 aromatic heterocycles. The molecular weight excluding hydrogens is 114 g/mol. The van der Waals surface area contributed by atoms with Gasteiger partial charge in [-0.25, -0.2) is 0 Å². The maximum Gasteiger partial charge on any atom is 0.321 e. The normalized spacial score (nSPS) is 18.0. The smallest absolute Gasteiger partial charge is 0.321 e. The number of carbonyl (C=O) groups excluding carboxylic acids is 1. The Kier molecular flexibility index (Phi) is 2.78. The van der Waals surface area contributed by atoms with E-state index in [-0.39, 0.29) is 19.5 Å². The van der Waals surface area contributed by atoms with E-state index in [9.17, 15) is 4.79 Å². The second-order valence-electron chi connectivity index (χ2n) is 1.09. The zero-order valence-corrected chi connectivity index (χ0v) is 4.73. The molecular formula is C3H7NO2S. The summed E-state index contributed by atoms with van der Waals surface area (Å²) in [6, 6.07) is 0. The lowest BCUT2D eigenvalue weighted by molar-refractivity contribution is -0.136. The highest BCUT2D eigenvalue weighted by Gasteiger charge is 2.06. The van der Waals surface area contributed by atoms with Gasteiger partial charge in [0.15, 0.2) is 0 Å². The Morgan fingerprint density at radius 2 is 2.43 bits per heavy atom. The Bertz CT molecular complexity index is 67.3. The molecule has 0 saturated carbocycles. The quantitative estimate of drug-likeness (QED) is 0.426. The summed E-state index contributed by atoms with van der Waals surface area (Å²) < 4.78 is 4.40. The lowest BCUT2D eigenvalue weighted by Gasteiger charge is -1.79. The van der Waals surface area contributed by atoms with Gasteiger partial charge < -0.3 is 4.74 Å². The van der Waals surface area contributed by atoms with Crippen LogP contribution in [0.5, 0.6) is 0 Å². The molecule has 1 rings (SSSR count). The highest BCUT2D eigenvalue weighted by Crippen LogP contribution is 1.79. The van der Waals surface area contributed by atoms with Gasteiger partial charge in [-0.1, -0.05) is 0 Å². The Hall–Kier alpha value is -0.220. The fourth-order valence-electron chi connectivity index (χ4n) is 0.336. The summed E-state index contributed by atoms with van der Waals surface area (Å²) in [6.45, 7) is 0.763. The first kappa shape index (κ1) is 6.78. The molecule has 7 heavy (non-hydrogen) atoms. The summed E-state index contributed by atoms with van der Waals surface area (Å²) in [6.07, 6.45) is 0. The van der Waals surface area contributed by atoms with Gasteiger partial charge in [0.1, 0.15) is 6.73 Å². The van der Waals surface area contributed by atoms with Crippen molar-refractivity contribution in [3.63, 3.8) is 0 Å². The van der Waals surface area contributed by atoms with Gasteiger partial charge in [-0.05, 0) is 0 Å². The number of ether oxygens (including phenoxy) is 1. The minimum Gasteiger partial charge on any atom is -0.449 e. The third-order valence-corrected chi connectivity index (χ3v) is 0.605. The van der Waals surface area contributed by atoms with Crippen LogP contribution in [-0.4, -0.2) is 19.2 Å². The molecule has 1 aliphatic heterocycles. The molecule has 1 N–H and O–H groups in total. The highest BCUT2D eigenvalue weighted by molar-refractivity contribution is 7.59. The van der Waals surface area contributed by atoms with Crippen LogP contribution in [0.3, 0.4) is 0 Å². The van der Waals surface area contributed by atoms with Crippen LogP contribution in [0.1, 0.15) is 0 Å². The third kappa shape index (κ3) is 1.80. The van der Waals surface area contributed by atoms with Crippen molar-refractivity contribution in [2.45, 2.75) is 0 Å². The van der Waals surface area contributed by atoms with Crippen LogP contribution < -0.4 is 5.32 Å². The summed E-state index contributed by atoms with van der Waals surface area (Å²) in [5.41, 5.74) is 0. The molecule has 0 amide bonds. The number of hydrogen-bond donors (Lipinski definition) is 1. The van der Waals surface area contributed by atoms with E-state index in [4.69, 9.17) is 0 Å². The van der Waals surface area contributed by atoms with Crippen LogP contribution in [0.2, 0.25) is 0 Å². The number of rotatable bonds is 0. The average molecular weight is 121 g/mol. The van der Waals surface area contributed by atoms with Crippen molar-refractivity contribution in [3.05, 3.63) is 0 Å². The zero-order chi connectivity index (χ0) is 4.41. The Morgan fingerprint density at radius 3 is 2.57 bits per heavy atom. The van der Waals surface area contributed by atoms with E-state index in [2.05, 4.69) is 10.1 Å². The second kappa shape index (κ2) is 2.87. The van der Waals surface area contributed by atoms with Gasteiger partial charge in [-0.15, -0.1) is 0 Å². The Morgan fingerprint density at radius 1 is 1.71 bits per heavy atom. The molecule has 0 aromatic carbocycles. The van der Waals surface area contributed by atoms with E-state index < -0.39 is 0 Å². The predicted molar refractivity (Wildman–Crippen MR) is 29.3 cm³/mol. The van der Waals surface area contributed by atoms with Crippen LogP contribution in [0.4, 0.5) is 0 Å². The van der Waals surface area contributed by atoms with Gasteiger partial charge in [-0.3, -0.25) is 10.1 Å². The first-order valence-corrected chi connectivity index (χ1v) is 1.76. The van der Waals surface area contributed by atoms with Gasteiger partial charge in [0.25, 0.3) is 0 Å². The predicted octanol–water partition coefficient (Wildman–Crippen LogP) is -0.797. The molecule has 0 atom stereocenters. The Labute approximate surface area is 48.5 Å². The van der Waals surface area contributed by atoms with Crippen LogP contribution >= 0.6 is 13.5 Å². The number of hydrogen-bond acceptors (Lipinski definition) is 3. The van der Waals surface area contributed by atoms with Gasteiger partial charge in [0, 0.05) is 0 Å². The molecule has 0 bridgehead atoms. The van der Waals surface area contributed by atoms with E-state index in [0.717, 1.165) is 0 Å². The lowest BCUT2D eigenvalue weighted by Crippen LogP contribution is -2.07. The van der Waals surface area contributed by atoms with Crippen molar-refractivity contribution in [2.75, 3.05) is 13.3 Å². The summed E-state index contributed by atoms with van der Waals surface area (Å²) in [7, 11) is 0. The standard InChI is InChI=1S/C3H5NO2.H2S/c5-3-1-4-2-6-3;/h4H,1-2H2;1H2. The molecule has 0 radical (unpaired) electrons. The Balaban J connectivity index is 0.000000360. The first-order valence-electron chi connectivity index (χ1n) is 1.76. The number of carbonyl (C=O) groups is 1. The fourth-order valence-corrected chi connectivity index (χ4v) is 0.336. The number of cyclic esters (lactones) is 1. The van der Waals surface area contributed by atoms with Crippen molar-refractivity contribution in [1.29, 1.82) is 0 Å². The summed E-state index contributed by atoms with van der Waals surface area (Å²) in [5.74, 6) is -0.157. The third-order valence-electron chi connectivity index (χ3n) is 0.605. The maximum atomic E-state index is 9.96. The van der Waals surface area contributed by atoms with E-state index in [1.54, 1.807) is 0 Å². The number of esters is 1. The van der Waals surface area contributed by atoms with Crippen molar-refractivity contribution in [1.82, 2.24) is 5.32 Å². The number of nitrogens with one attached hydrogen (secondary N) is 1. The van der Waals surface area contributed by atoms with Gasteiger partial charge in [-0.2, -0.15) is 13.5 Å². The largest absolute Gasteiger partial charge is 0.449 e. The fraction of sp³-hybridized carbons (Fsp3) is 0.667.